The predicted molar refractivity (Wildman–Crippen MR) is 102 cm³/mol. The molecule has 0 atom stereocenters. The van der Waals surface area contributed by atoms with Crippen molar-refractivity contribution in [3.8, 4) is 0 Å². The number of aryl methyl sites for hydroxylation is 2. The van der Waals surface area contributed by atoms with Gasteiger partial charge in [0, 0.05) is 31.8 Å². The number of carbonyl (C=O) groups excluding carboxylic acids is 1. The van der Waals surface area contributed by atoms with Crippen LogP contribution in [0.15, 0.2) is 60.2 Å². The number of hydrogen-bond acceptors (Lipinski definition) is 2. The molecule has 1 amide bonds. The van der Waals surface area contributed by atoms with Gasteiger partial charge in [0.2, 0.25) is 5.91 Å². The fourth-order valence-electron chi connectivity index (χ4n) is 3.01. The van der Waals surface area contributed by atoms with Gasteiger partial charge >= 0.3 is 0 Å². The fraction of sp³-hybridized carbons (Fsp3) is 0.318. The normalized spacial score (nSPS) is 14.9. The largest absolute Gasteiger partial charge is 0.348 e. The van der Waals surface area contributed by atoms with E-state index >= 15 is 0 Å². The zero-order chi connectivity index (χ0) is 17.6. The Bertz CT molecular complexity index is 745. The van der Waals surface area contributed by atoms with Gasteiger partial charge < -0.3 is 5.32 Å². The van der Waals surface area contributed by atoms with Crippen molar-refractivity contribution in [2.75, 3.05) is 13.1 Å². The van der Waals surface area contributed by atoms with E-state index in [1.54, 1.807) is 0 Å². The molecule has 0 unspecified atom stereocenters. The Morgan fingerprint density at radius 2 is 1.56 bits per heavy atom. The number of nitrogens with one attached hydrogen (secondary N) is 1. The average Bonchev–Trinajstić information content (AvgIpc) is 2.63. The van der Waals surface area contributed by atoms with Crippen molar-refractivity contribution < 1.29 is 4.79 Å². The maximum absolute atomic E-state index is 12.3. The van der Waals surface area contributed by atoms with Crippen LogP contribution in [0.25, 0.3) is 0 Å². The lowest BCUT2D eigenvalue weighted by atomic mass is 10.1. The highest BCUT2D eigenvalue weighted by Crippen LogP contribution is 2.15. The number of nitrogens with zero attached hydrogens (tertiary/aromatic N) is 1. The van der Waals surface area contributed by atoms with Gasteiger partial charge in [0.1, 0.15) is 0 Å². The molecule has 2 aromatic carbocycles. The Balaban J connectivity index is 1.49. The van der Waals surface area contributed by atoms with Gasteiger partial charge in [0.15, 0.2) is 0 Å². The summed E-state index contributed by atoms with van der Waals surface area (Å²) in [6, 6.07) is 16.9. The second kappa shape index (κ2) is 8.13. The van der Waals surface area contributed by atoms with Gasteiger partial charge in [-0.3, -0.25) is 9.69 Å². The van der Waals surface area contributed by atoms with Crippen LogP contribution < -0.4 is 5.32 Å². The summed E-state index contributed by atoms with van der Waals surface area (Å²) in [7, 11) is 0. The lowest BCUT2D eigenvalue weighted by molar-refractivity contribution is -0.117. The maximum Gasteiger partial charge on any atom is 0.247 e. The molecule has 0 aliphatic carbocycles. The van der Waals surface area contributed by atoms with E-state index < -0.39 is 0 Å². The Morgan fingerprint density at radius 3 is 2.12 bits per heavy atom. The molecule has 1 N–H and O–H groups in total. The molecule has 2 aromatic rings. The molecule has 3 rings (SSSR count). The number of rotatable bonds is 5. The standard InChI is InChI=1S/C22H26N2O/c1-17-3-7-19(8-4-17)15-23-22(25)21-11-13-24(14-12-21)16-20-9-5-18(2)6-10-20/h3-11H,12-16H2,1-2H3,(H,23,25). The van der Waals surface area contributed by atoms with E-state index in [0.29, 0.717) is 6.54 Å². The average molecular weight is 334 g/mol. The summed E-state index contributed by atoms with van der Waals surface area (Å²) in [5, 5.41) is 3.03. The summed E-state index contributed by atoms with van der Waals surface area (Å²) >= 11 is 0. The van der Waals surface area contributed by atoms with Crippen LogP contribution in [0.3, 0.4) is 0 Å². The summed E-state index contributed by atoms with van der Waals surface area (Å²) in [4.78, 5) is 14.7. The third-order valence-corrected chi connectivity index (χ3v) is 4.69. The monoisotopic (exact) mass is 334 g/mol. The van der Waals surface area contributed by atoms with E-state index in [-0.39, 0.29) is 5.91 Å². The highest BCUT2D eigenvalue weighted by molar-refractivity contribution is 5.93. The highest BCUT2D eigenvalue weighted by Gasteiger charge is 2.16. The topological polar surface area (TPSA) is 32.3 Å². The number of benzene rings is 2. The fourth-order valence-corrected chi connectivity index (χ4v) is 3.01. The first-order valence-electron chi connectivity index (χ1n) is 8.91. The van der Waals surface area contributed by atoms with Crippen LogP contribution in [0.1, 0.15) is 28.7 Å². The van der Waals surface area contributed by atoms with E-state index in [1.165, 1.54) is 16.7 Å². The van der Waals surface area contributed by atoms with Crippen molar-refractivity contribution in [1.82, 2.24) is 10.2 Å². The van der Waals surface area contributed by atoms with Crippen molar-refractivity contribution in [2.24, 2.45) is 0 Å². The zero-order valence-corrected chi connectivity index (χ0v) is 15.1. The van der Waals surface area contributed by atoms with Crippen molar-refractivity contribution in [1.29, 1.82) is 0 Å². The summed E-state index contributed by atoms with van der Waals surface area (Å²) in [6.45, 7) is 7.46. The second-order valence-corrected chi connectivity index (χ2v) is 6.87. The Morgan fingerprint density at radius 1 is 0.960 bits per heavy atom. The van der Waals surface area contributed by atoms with Crippen LogP contribution in [0.5, 0.6) is 0 Å². The van der Waals surface area contributed by atoms with Crippen molar-refractivity contribution in [3.63, 3.8) is 0 Å². The second-order valence-electron chi connectivity index (χ2n) is 6.87. The van der Waals surface area contributed by atoms with Crippen LogP contribution in [0.2, 0.25) is 0 Å². The summed E-state index contributed by atoms with van der Waals surface area (Å²) in [5.74, 6) is 0.0653. The smallest absolute Gasteiger partial charge is 0.247 e. The van der Waals surface area contributed by atoms with Gasteiger partial charge in [-0.05, 0) is 31.4 Å². The molecule has 25 heavy (non-hydrogen) atoms. The summed E-state index contributed by atoms with van der Waals surface area (Å²) in [6.07, 6.45) is 2.88. The molecule has 0 spiro atoms. The Kier molecular flexibility index (Phi) is 5.67. The van der Waals surface area contributed by atoms with Gasteiger partial charge in [-0.2, -0.15) is 0 Å². The third-order valence-electron chi connectivity index (χ3n) is 4.69. The van der Waals surface area contributed by atoms with Crippen molar-refractivity contribution in [2.45, 2.75) is 33.4 Å². The van der Waals surface area contributed by atoms with Crippen LogP contribution in [-0.2, 0) is 17.9 Å². The molecule has 3 heteroatoms. The first-order chi connectivity index (χ1) is 12.1. The first-order valence-corrected chi connectivity index (χ1v) is 8.91. The van der Waals surface area contributed by atoms with Crippen LogP contribution in [0.4, 0.5) is 0 Å². The van der Waals surface area contributed by atoms with Gasteiger partial charge in [-0.1, -0.05) is 65.7 Å². The number of hydrogen-bond donors (Lipinski definition) is 1. The summed E-state index contributed by atoms with van der Waals surface area (Å²) in [5.41, 5.74) is 5.89. The molecule has 0 bridgehead atoms. The molecule has 0 fully saturated rings. The molecular weight excluding hydrogens is 308 g/mol. The van der Waals surface area contributed by atoms with Crippen LogP contribution in [-0.4, -0.2) is 23.9 Å². The van der Waals surface area contributed by atoms with E-state index in [9.17, 15) is 4.79 Å². The Hall–Kier alpha value is -2.39. The van der Waals surface area contributed by atoms with E-state index in [2.05, 4.69) is 78.7 Å². The molecule has 0 saturated carbocycles. The zero-order valence-electron chi connectivity index (χ0n) is 15.1. The van der Waals surface area contributed by atoms with Gasteiger partial charge in [-0.15, -0.1) is 0 Å². The number of amides is 1. The van der Waals surface area contributed by atoms with Crippen LogP contribution in [0, 0.1) is 13.8 Å². The molecule has 1 aliphatic rings. The lowest BCUT2D eigenvalue weighted by Crippen LogP contribution is -2.33. The first kappa shape index (κ1) is 17.4. The molecule has 0 radical (unpaired) electrons. The van der Waals surface area contributed by atoms with Crippen LogP contribution >= 0.6 is 0 Å². The third kappa shape index (κ3) is 5.04. The molecular formula is C22H26N2O. The van der Waals surface area contributed by atoms with Gasteiger partial charge in [0.25, 0.3) is 0 Å². The SMILES string of the molecule is Cc1ccc(CNC(=O)C2=CCN(Cc3ccc(C)cc3)CC2)cc1. The minimum absolute atomic E-state index is 0.0653. The molecule has 130 valence electrons. The van der Waals surface area contributed by atoms with Crippen molar-refractivity contribution >= 4 is 5.91 Å². The highest BCUT2D eigenvalue weighted by atomic mass is 16.1. The minimum atomic E-state index is 0.0653. The number of carbonyl (C=O) groups is 1. The molecule has 1 aliphatic heterocycles. The van der Waals surface area contributed by atoms with Gasteiger partial charge in [-0.25, -0.2) is 0 Å². The van der Waals surface area contributed by atoms with E-state index in [0.717, 1.165) is 37.2 Å². The van der Waals surface area contributed by atoms with Crippen molar-refractivity contribution in [3.05, 3.63) is 82.4 Å². The lowest BCUT2D eigenvalue weighted by Gasteiger charge is -2.26. The molecule has 1 heterocycles. The molecule has 0 aromatic heterocycles. The van der Waals surface area contributed by atoms with E-state index in [1.807, 2.05) is 0 Å². The van der Waals surface area contributed by atoms with Gasteiger partial charge in [0.05, 0.1) is 0 Å². The van der Waals surface area contributed by atoms with E-state index in [4.69, 9.17) is 0 Å². The summed E-state index contributed by atoms with van der Waals surface area (Å²) < 4.78 is 0. The molecule has 3 nitrogen and oxygen atoms in total. The molecule has 0 saturated heterocycles. The minimum Gasteiger partial charge on any atom is -0.348 e. The maximum atomic E-state index is 12.3. The quantitative estimate of drug-likeness (QED) is 0.903. The predicted octanol–water partition coefficient (Wildman–Crippen LogP) is 3.75. The Labute approximate surface area is 150 Å².